The van der Waals surface area contributed by atoms with Gasteiger partial charge in [0, 0.05) is 13.0 Å². The number of hydrogen-bond donors (Lipinski definition) is 3. The zero-order valence-corrected chi connectivity index (χ0v) is 15.6. The van der Waals surface area contributed by atoms with Gasteiger partial charge in [0.2, 0.25) is 5.91 Å². The van der Waals surface area contributed by atoms with Gasteiger partial charge < -0.3 is 10.2 Å². The molecule has 0 heterocycles. The van der Waals surface area contributed by atoms with Gasteiger partial charge in [-0.05, 0) is 18.4 Å². The van der Waals surface area contributed by atoms with Crippen molar-refractivity contribution < 1.29 is 10.2 Å². The topological polar surface area (TPSA) is 52.5 Å². The second-order valence-corrected chi connectivity index (χ2v) is 7.17. The number of aliphatic hydroxyl groups is 2. The summed E-state index contributed by atoms with van der Waals surface area (Å²) in [6.45, 7) is 3.64. The fraction of sp³-hybridized carbons (Fsp3) is 0.714. The average Bonchev–Trinajstić information content (AvgIpc) is 2.52. The van der Waals surface area contributed by atoms with Crippen LogP contribution in [0.25, 0.3) is 0 Å². The Morgan fingerprint density at radius 1 is 0.875 bits per heavy atom. The van der Waals surface area contributed by atoms with Crippen LogP contribution in [-0.4, -0.2) is 22.2 Å². The van der Waals surface area contributed by atoms with E-state index in [1.54, 1.807) is 0 Å². The third kappa shape index (κ3) is 11.6. The monoisotopic (exact) mass is 335 g/mol. The molecule has 0 aliphatic carbocycles. The van der Waals surface area contributed by atoms with Gasteiger partial charge in [-0.15, -0.1) is 0 Å². The lowest BCUT2D eigenvalue weighted by Crippen LogP contribution is -2.48. The van der Waals surface area contributed by atoms with E-state index in [2.05, 4.69) is 24.4 Å². The standard InChI is InChI=1S/C21H37NO2/c1-3-4-5-6-7-8-9-10-14-17-20(22-21(2,23)24)18-19-15-12-11-13-16-19/h11-13,15-16,20,22-24H,3-10,14,17-18H2,1-2H3. The zero-order chi connectivity index (χ0) is 17.7. The largest absolute Gasteiger partial charge is 0.354 e. The molecule has 1 aromatic carbocycles. The molecule has 0 fully saturated rings. The van der Waals surface area contributed by atoms with Gasteiger partial charge in [-0.25, -0.2) is 0 Å². The highest BCUT2D eigenvalue weighted by atomic mass is 16.5. The molecule has 138 valence electrons. The van der Waals surface area contributed by atoms with Gasteiger partial charge in [0.25, 0.3) is 0 Å². The van der Waals surface area contributed by atoms with Crippen molar-refractivity contribution in [2.45, 2.75) is 96.4 Å². The molecule has 1 atom stereocenters. The Bertz CT molecular complexity index is 400. The third-order valence-corrected chi connectivity index (χ3v) is 4.46. The lowest BCUT2D eigenvalue weighted by atomic mass is 9.99. The maximum absolute atomic E-state index is 9.65. The van der Waals surface area contributed by atoms with Gasteiger partial charge in [0.05, 0.1) is 0 Å². The van der Waals surface area contributed by atoms with Crippen LogP contribution in [0.4, 0.5) is 0 Å². The van der Waals surface area contributed by atoms with E-state index in [-0.39, 0.29) is 6.04 Å². The molecule has 1 unspecified atom stereocenters. The van der Waals surface area contributed by atoms with Gasteiger partial charge in [-0.2, -0.15) is 0 Å². The highest BCUT2D eigenvalue weighted by molar-refractivity contribution is 5.15. The van der Waals surface area contributed by atoms with Crippen molar-refractivity contribution in [3.63, 3.8) is 0 Å². The fourth-order valence-electron chi connectivity index (χ4n) is 3.21. The molecule has 3 nitrogen and oxygen atoms in total. The molecule has 0 saturated carbocycles. The van der Waals surface area contributed by atoms with Crippen LogP contribution in [0.1, 0.15) is 83.6 Å². The summed E-state index contributed by atoms with van der Waals surface area (Å²) in [4.78, 5) is 0. The van der Waals surface area contributed by atoms with Crippen LogP contribution in [0.5, 0.6) is 0 Å². The zero-order valence-electron chi connectivity index (χ0n) is 15.6. The molecular formula is C21H37NO2. The number of benzene rings is 1. The molecule has 24 heavy (non-hydrogen) atoms. The predicted molar refractivity (Wildman–Crippen MR) is 102 cm³/mol. The summed E-state index contributed by atoms with van der Waals surface area (Å²) in [6.07, 6.45) is 13.6. The van der Waals surface area contributed by atoms with Crippen LogP contribution >= 0.6 is 0 Å². The summed E-state index contributed by atoms with van der Waals surface area (Å²) < 4.78 is 0. The Hall–Kier alpha value is -0.900. The molecule has 0 amide bonds. The first kappa shape index (κ1) is 21.1. The lowest BCUT2D eigenvalue weighted by molar-refractivity contribution is -0.176. The normalized spacial score (nSPS) is 13.2. The third-order valence-electron chi connectivity index (χ3n) is 4.46. The minimum atomic E-state index is -1.81. The summed E-state index contributed by atoms with van der Waals surface area (Å²) in [5, 5.41) is 22.2. The van der Waals surface area contributed by atoms with Crippen molar-refractivity contribution in [1.29, 1.82) is 0 Å². The first-order valence-corrected chi connectivity index (χ1v) is 9.77. The van der Waals surface area contributed by atoms with Gasteiger partial charge in [-0.1, -0.05) is 95.0 Å². The molecule has 0 aromatic heterocycles. The van der Waals surface area contributed by atoms with E-state index in [0.29, 0.717) is 0 Å². The molecule has 0 aliphatic heterocycles. The van der Waals surface area contributed by atoms with Crippen LogP contribution in [0.2, 0.25) is 0 Å². The Morgan fingerprint density at radius 2 is 1.42 bits per heavy atom. The number of nitrogens with one attached hydrogen (secondary N) is 1. The highest BCUT2D eigenvalue weighted by Gasteiger charge is 2.20. The van der Waals surface area contributed by atoms with Gasteiger partial charge in [-0.3, -0.25) is 5.32 Å². The summed E-state index contributed by atoms with van der Waals surface area (Å²) in [5.74, 6) is -1.81. The summed E-state index contributed by atoms with van der Waals surface area (Å²) in [5.41, 5.74) is 1.23. The predicted octanol–water partition coefficient (Wildman–Crippen LogP) is 4.77. The number of unbranched alkanes of at least 4 members (excludes halogenated alkanes) is 8. The van der Waals surface area contributed by atoms with E-state index >= 15 is 0 Å². The average molecular weight is 336 g/mol. The van der Waals surface area contributed by atoms with E-state index in [1.807, 2.05) is 18.2 Å². The van der Waals surface area contributed by atoms with E-state index in [1.165, 1.54) is 63.9 Å². The smallest absolute Gasteiger partial charge is 0.219 e. The van der Waals surface area contributed by atoms with Crippen LogP contribution < -0.4 is 5.32 Å². The van der Waals surface area contributed by atoms with Crippen LogP contribution in [0.3, 0.4) is 0 Å². The SMILES string of the molecule is CCCCCCCCCCCC(Cc1ccccc1)NC(C)(O)O. The molecule has 0 bridgehead atoms. The van der Waals surface area contributed by atoms with Gasteiger partial charge in [0.1, 0.15) is 0 Å². The molecule has 1 rings (SSSR count). The van der Waals surface area contributed by atoms with Crippen LogP contribution in [0, 0.1) is 0 Å². The van der Waals surface area contributed by atoms with Crippen molar-refractivity contribution in [2.75, 3.05) is 0 Å². The summed E-state index contributed by atoms with van der Waals surface area (Å²) in [7, 11) is 0. The quantitative estimate of drug-likeness (QED) is 0.339. The summed E-state index contributed by atoms with van der Waals surface area (Å²) >= 11 is 0. The van der Waals surface area contributed by atoms with E-state index in [0.717, 1.165) is 19.3 Å². The maximum atomic E-state index is 9.65. The molecule has 3 N–H and O–H groups in total. The molecule has 1 aromatic rings. The van der Waals surface area contributed by atoms with Crippen molar-refractivity contribution in [1.82, 2.24) is 5.32 Å². The summed E-state index contributed by atoms with van der Waals surface area (Å²) in [6, 6.07) is 10.4. The molecule has 3 heteroatoms. The Balaban J connectivity index is 2.22. The van der Waals surface area contributed by atoms with Crippen molar-refractivity contribution in [3.05, 3.63) is 35.9 Å². The maximum Gasteiger partial charge on any atom is 0.219 e. The Labute approximate surface area is 148 Å². The van der Waals surface area contributed by atoms with Crippen LogP contribution in [0.15, 0.2) is 30.3 Å². The van der Waals surface area contributed by atoms with Gasteiger partial charge >= 0.3 is 0 Å². The lowest BCUT2D eigenvalue weighted by Gasteiger charge is -2.26. The van der Waals surface area contributed by atoms with E-state index in [9.17, 15) is 10.2 Å². The minimum absolute atomic E-state index is 0.0944. The molecule has 0 aliphatic rings. The van der Waals surface area contributed by atoms with Crippen molar-refractivity contribution in [2.24, 2.45) is 0 Å². The molecule has 0 spiro atoms. The van der Waals surface area contributed by atoms with Crippen molar-refractivity contribution in [3.8, 4) is 0 Å². The van der Waals surface area contributed by atoms with Crippen LogP contribution in [-0.2, 0) is 6.42 Å². The molecular weight excluding hydrogens is 298 g/mol. The molecule has 0 radical (unpaired) electrons. The van der Waals surface area contributed by atoms with E-state index in [4.69, 9.17) is 0 Å². The first-order chi connectivity index (χ1) is 11.5. The second-order valence-electron chi connectivity index (χ2n) is 7.17. The minimum Gasteiger partial charge on any atom is -0.354 e. The highest BCUT2D eigenvalue weighted by Crippen LogP contribution is 2.14. The molecule has 0 saturated heterocycles. The first-order valence-electron chi connectivity index (χ1n) is 9.77. The van der Waals surface area contributed by atoms with Gasteiger partial charge in [0.15, 0.2) is 0 Å². The number of rotatable bonds is 14. The fourth-order valence-corrected chi connectivity index (χ4v) is 3.21. The Kier molecular flexibility index (Phi) is 11.0. The second kappa shape index (κ2) is 12.5. The Morgan fingerprint density at radius 3 is 1.96 bits per heavy atom. The van der Waals surface area contributed by atoms with E-state index < -0.39 is 5.91 Å². The van der Waals surface area contributed by atoms with Crippen molar-refractivity contribution >= 4 is 0 Å². The number of hydrogen-bond acceptors (Lipinski definition) is 3.